The Labute approximate surface area is 311 Å². The Bertz CT molecular complexity index is 2600. The molecule has 1 unspecified atom stereocenters. The van der Waals surface area contributed by atoms with E-state index in [2.05, 4.69) is 39.0 Å². The number of aliphatic hydroxyl groups excluding tert-OH is 1. The third-order valence-electron chi connectivity index (χ3n) is 9.49. The predicted molar refractivity (Wildman–Crippen MR) is 216 cm³/mol. The van der Waals surface area contributed by atoms with Crippen LogP contribution in [0.15, 0.2) is 191 Å². The van der Waals surface area contributed by atoms with Crippen molar-refractivity contribution in [3.8, 4) is 16.9 Å². The van der Waals surface area contributed by atoms with E-state index in [4.69, 9.17) is 9.15 Å². The molecule has 8 aromatic rings. The summed E-state index contributed by atoms with van der Waals surface area (Å²) in [6, 6.07) is 55.8. The molecule has 1 aliphatic heterocycles. The summed E-state index contributed by atoms with van der Waals surface area (Å²) in [5, 5.41) is 12.1. The lowest BCUT2D eigenvalue weighted by molar-refractivity contribution is 0.0320. The number of hydrogen-bond donors (Lipinski definition) is 1. The Morgan fingerprint density at radius 1 is 0.537 bits per heavy atom. The van der Waals surface area contributed by atoms with E-state index in [1.807, 2.05) is 152 Å². The summed E-state index contributed by atoms with van der Waals surface area (Å²) in [4.78, 5) is 22.3. The zero-order chi connectivity index (χ0) is 36.4. The summed E-state index contributed by atoms with van der Waals surface area (Å²) in [6.45, 7) is 0. The lowest BCUT2D eigenvalue weighted by Crippen LogP contribution is -2.21. The fourth-order valence-corrected chi connectivity index (χ4v) is 6.92. The number of hydrogen-bond acceptors (Lipinski definition) is 7. The molecule has 0 fully saturated rings. The van der Waals surface area contributed by atoms with Crippen LogP contribution < -0.4 is 20.2 Å². The van der Waals surface area contributed by atoms with E-state index in [-0.39, 0.29) is 0 Å². The first-order chi connectivity index (χ1) is 26.6. The first-order valence-electron chi connectivity index (χ1n) is 17.6. The maximum absolute atomic E-state index is 13.6. The Morgan fingerprint density at radius 2 is 1.06 bits per heavy atom. The normalized spacial score (nSPS) is 13.4. The van der Waals surface area contributed by atoms with Crippen molar-refractivity contribution in [1.29, 1.82) is 0 Å². The van der Waals surface area contributed by atoms with Gasteiger partial charge in [-0.05, 0) is 91.0 Å². The molecule has 7 heteroatoms. The van der Waals surface area contributed by atoms with Crippen molar-refractivity contribution in [2.75, 3.05) is 9.80 Å². The lowest BCUT2D eigenvalue weighted by Gasteiger charge is -2.28. The van der Waals surface area contributed by atoms with Crippen LogP contribution in [0.2, 0.25) is 0 Å². The van der Waals surface area contributed by atoms with Crippen LogP contribution in [0.5, 0.6) is 5.75 Å². The molecule has 2 aromatic heterocycles. The maximum atomic E-state index is 13.6. The van der Waals surface area contributed by atoms with Gasteiger partial charge in [-0.1, -0.05) is 72.8 Å². The third kappa shape index (κ3) is 6.29. The molecule has 1 N–H and O–H groups in total. The standard InChI is InChI=1S/C47H33N3O4/c51-46-42(26-32-21-23-40(28-44(32)53-46)49(36-13-5-1-6-14-36)37-15-7-2-8-16-37)34-25-35(31-48-30-34)43-27-33-22-24-41(29-45(33)54-47(43)52)50(38-17-9-3-10-18-38)39-19-11-4-12-20-39/h1-31,46,51H. The zero-order valence-corrected chi connectivity index (χ0v) is 29.0. The minimum atomic E-state index is -1.25. The van der Waals surface area contributed by atoms with E-state index < -0.39 is 11.9 Å². The lowest BCUT2D eigenvalue weighted by atomic mass is 9.98. The van der Waals surface area contributed by atoms with Gasteiger partial charge in [-0.3, -0.25) is 4.98 Å². The molecule has 260 valence electrons. The first kappa shape index (κ1) is 32.7. The molecule has 0 spiro atoms. The molecule has 1 atom stereocenters. The molecular weight excluding hydrogens is 671 g/mol. The number of pyridine rings is 1. The maximum Gasteiger partial charge on any atom is 0.344 e. The average Bonchev–Trinajstić information content (AvgIpc) is 3.22. The van der Waals surface area contributed by atoms with Crippen LogP contribution in [0.4, 0.5) is 34.1 Å². The number of aromatic nitrogens is 1. The van der Waals surface area contributed by atoms with Crippen molar-refractivity contribution < 1.29 is 14.3 Å². The smallest absolute Gasteiger partial charge is 0.344 e. The fraction of sp³-hybridized carbons (Fsp3) is 0.0213. The number of nitrogens with zero attached hydrogens (tertiary/aromatic N) is 3. The Balaban J connectivity index is 1.04. The van der Waals surface area contributed by atoms with E-state index in [9.17, 15) is 9.90 Å². The Hall–Kier alpha value is -7.22. The van der Waals surface area contributed by atoms with Gasteiger partial charge in [0, 0.05) is 86.3 Å². The number of anilines is 6. The van der Waals surface area contributed by atoms with Gasteiger partial charge in [-0.15, -0.1) is 0 Å². The van der Waals surface area contributed by atoms with Gasteiger partial charge in [0.25, 0.3) is 0 Å². The van der Waals surface area contributed by atoms with Crippen LogP contribution in [0.3, 0.4) is 0 Å². The molecule has 0 bridgehead atoms. The predicted octanol–water partition coefficient (Wildman–Crippen LogP) is 11.0. The van der Waals surface area contributed by atoms with Crippen LogP contribution in [0, 0.1) is 0 Å². The van der Waals surface area contributed by atoms with Crippen molar-refractivity contribution in [3.63, 3.8) is 0 Å². The monoisotopic (exact) mass is 703 g/mol. The quantitative estimate of drug-likeness (QED) is 0.158. The van der Waals surface area contributed by atoms with Crippen molar-refractivity contribution in [2.45, 2.75) is 6.29 Å². The van der Waals surface area contributed by atoms with E-state index in [1.54, 1.807) is 12.4 Å². The highest BCUT2D eigenvalue weighted by atomic mass is 16.6. The van der Waals surface area contributed by atoms with Gasteiger partial charge in [0.2, 0.25) is 6.29 Å². The minimum Gasteiger partial charge on any atom is -0.460 e. The topological polar surface area (TPSA) is 79.0 Å². The second-order valence-electron chi connectivity index (χ2n) is 12.9. The van der Waals surface area contributed by atoms with Crippen molar-refractivity contribution in [1.82, 2.24) is 4.98 Å². The summed E-state index contributed by atoms with van der Waals surface area (Å²) in [7, 11) is 0. The zero-order valence-electron chi connectivity index (χ0n) is 29.0. The van der Waals surface area contributed by atoms with Gasteiger partial charge in [0.1, 0.15) is 11.3 Å². The van der Waals surface area contributed by atoms with Gasteiger partial charge in [0.05, 0.1) is 5.56 Å². The largest absolute Gasteiger partial charge is 0.460 e. The summed E-state index contributed by atoms with van der Waals surface area (Å²) in [6.07, 6.45) is 3.93. The number of para-hydroxylation sites is 4. The number of benzene rings is 6. The second-order valence-corrected chi connectivity index (χ2v) is 12.9. The molecule has 1 aliphatic rings. The third-order valence-corrected chi connectivity index (χ3v) is 9.49. The van der Waals surface area contributed by atoms with Crippen molar-refractivity contribution >= 4 is 56.7 Å². The molecule has 0 saturated carbocycles. The molecule has 0 aliphatic carbocycles. The number of fused-ring (bicyclic) bond motifs is 2. The van der Waals surface area contributed by atoms with Crippen LogP contribution in [-0.4, -0.2) is 16.4 Å². The van der Waals surface area contributed by atoms with Gasteiger partial charge >= 0.3 is 5.63 Å². The van der Waals surface area contributed by atoms with E-state index in [0.717, 1.165) is 45.1 Å². The summed E-state index contributed by atoms with van der Waals surface area (Å²) in [5.74, 6) is 0.553. The average molecular weight is 704 g/mol. The van der Waals surface area contributed by atoms with E-state index >= 15 is 0 Å². The number of rotatable bonds is 8. The summed E-state index contributed by atoms with van der Waals surface area (Å²) < 4.78 is 12.1. The molecule has 3 heterocycles. The van der Waals surface area contributed by atoms with Crippen molar-refractivity contribution in [2.24, 2.45) is 0 Å². The molecule has 7 nitrogen and oxygen atoms in total. The molecule has 9 rings (SSSR count). The molecule has 0 amide bonds. The summed E-state index contributed by atoms with van der Waals surface area (Å²) >= 11 is 0. The SMILES string of the molecule is O=c1oc2cc(N(c3ccccc3)c3ccccc3)ccc2cc1-c1cncc(C2=Cc3ccc(N(c4ccccc4)c4ccccc4)cc3OC2O)c1. The van der Waals surface area contributed by atoms with E-state index in [0.29, 0.717) is 33.6 Å². The molecule has 0 saturated heterocycles. The molecule has 54 heavy (non-hydrogen) atoms. The van der Waals surface area contributed by atoms with Gasteiger partial charge in [-0.25, -0.2) is 4.79 Å². The highest BCUT2D eigenvalue weighted by Crippen LogP contribution is 2.41. The van der Waals surface area contributed by atoms with Crippen LogP contribution >= 0.6 is 0 Å². The molecule has 6 aromatic carbocycles. The van der Waals surface area contributed by atoms with Gasteiger partial charge in [-0.2, -0.15) is 0 Å². The minimum absolute atomic E-state index is 0.367. The second kappa shape index (κ2) is 14.1. The van der Waals surface area contributed by atoms with Crippen LogP contribution in [0.1, 0.15) is 11.1 Å². The molecule has 0 radical (unpaired) electrons. The first-order valence-corrected chi connectivity index (χ1v) is 17.6. The Morgan fingerprint density at radius 3 is 1.63 bits per heavy atom. The van der Waals surface area contributed by atoms with Crippen LogP contribution in [-0.2, 0) is 0 Å². The van der Waals surface area contributed by atoms with Gasteiger partial charge in [0.15, 0.2) is 0 Å². The van der Waals surface area contributed by atoms with Gasteiger partial charge < -0.3 is 24.1 Å². The number of aliphatic hydroxyl groups is 1. The highest BCUT2D eigenvalue weighted by Gasteiger charge is 2.25. The highest BCUT2D eigenvalue weighted by molar-refractivity contribution is 5.91. The fourth-order valence-electron chi connectivity index (χ4n) is 6.92. The van der Waals surface area contributed by atoms with Crippen LogP contribution in [0.25, 0.3) is 33.7 Å². The van der Waals surface area contributed by atoms with E-state index in [1.165, 1.54) is 0 Å². The Kier molecular flexibility index (Phi) is 8.51. The van der Waals surface area contributed by atoms with Crippen molar-refractivity contribution in [3.05, 3.63) is 204 Å². The summed E-state index contributed by atoms with van der Waals surface area (Å²) in [5.41, 5.74) is 8.60. The molecular formula is C47H33N3O4. The number of ether oxygens (including phenoxy) is 1.